The van der Waals surface area contributed by atoms with Crippen LogP contribution in [-0.4, -0.2) is 40.8 Å². The zero-order chi connectivity index (χ0) is 21.1. The molecule has 158 valence electrons. The molecule has 0 bridgehead atoms. The van der Waals surface area contributed by atoms with Gasteiger partial charge in [0.2, 0.25) is 0 Å². The van der Waals surface area contributed by atoms with Crippen molar-refractivity contribution in [2.75, 3.05) is 26.5 Å². The number of hydrogen-bond donors (Lipinski definition) is 2. The molecule has 0 saturated carbocycles. The number of ether oxygens (including phenoxy) is 1. The topological polar surface area (TPSA) is 79.8 Å². The molecule has 0 aliphatic carbocycles. The molecule has 0 amide bonds. The zero-order valence-corrected chi connectivity index (χ0v) is 17.6. The first kappa shape index (κ1) is 22.7. The lowest BCUT2D eigenvalue weighted by atomic mass is 10.1. The molecule has 0 aliphatic heterocycles. The number of unbranched alkanes of at least 4 members (excludes halogenated alkanes) is 1. The molecule has 0 saturated heterocycles. The number of hydrogen-bond acceptors (Lipinski definition) is 4. The molecule has 0 spiro atoms. The lowest BCUT2D eigenvalue weighted by Gasteiger charge is -2.14. The average Bonchev–Trinajstić information content (AvgIpc) is 2.68. The van der Waals surface area contributed by atoms with Gasteiger partial charge in [-0.2, -0.15) is 0 Å². The predicted octanol–water partition coefficient (Wildman–Crippen LogP) is 2.89. The quantitative estimate of drug-likeness (QED) is 0.350. The van der Waals surface area contributed by atoms with Crippen LogP contribution >= 0.6 is 0 Å². The second kappa shape index (κ2) is 11.4. The molecule has 0 aromatic heterocycles. The Morgan fingerprint density at radius 3 is 2.52 bits per heavy atom. The molecule has 0 radical (unpaired) electrons. The van der Waals surface area contributed by atoms with E-state index in [1.807, 2.05) is 30.3 Å². The standard InChI is InChI=1S/C21H28FN3O3S/c1-23-21(24-12-6-7-13-28-20-8-4-3-5-9-20)25-15-18-14-19(22)11-10-17(18)16-29(2,26)27/h3-5,8-11,14H,6-7,12-13,15-16H2,1-2H3,(H2,23,24,25). The lowest BCUT2D eigenvalue weighted by molar-refractivity contribution is 0.307. The number of halogens is 1. The Morgan fingerprint density at radius 1 is 1.07 bits per heavy atom. The fraction of sp³-hybridized carbons (Fsp3) is 0.381. The Morgan fingerprint density at radius 2 is 1.83 bits per heavy atom. The summed E-state index contributed by atoms with van der Waals surface area (Å²) < 4.78 is 42.4. The number of rotatable bonds is 10. The highest BCUT2D eigenvalue weighted by Crippen LogP contribution is 2.14. The van der Waals surface area contributed by atoms with E-state index < -0.39 is 15.7 Å². The van der Waals surface area contributed by atoms with Gasteiger partial charge in [-0.25, -0.2) is 12.8 Å². The van der Waals surface area contributed by atoms with Crippen molar-refractivity contribution in [3.05, 3.63) is 65.5 Å². The summed E-state index contributed by atoms with van der Waals surface area (Å²) in [6, 6.07) is 13.8. The third kappa shape index (κ3) is 8.95. The molecule has 0 heterocycles. The molecule has 2 N–H and O–H groups in total. The van der Waals surface area contributed by atoms with Gasteiger partial charge < -0.3 is 15.4 Å². The smallest absolute Gasteiger partial charge is 0.191 e. The van der Waals surface area contributed by atoms with Crippen LogP contribution in [0.1, 0.15) is 24.0 Å². The van der Waals surface area contributed by atoms with Gasteiger partial charge in [-0.3, -0.25) is 4.99 Å². The molecule has 2 aromatic carbocycles. The van der Waals surface area contributed by atoms with E-state index in [-0.39, 0.29) is 12.3 Å². The summed E-state index contributed by atoms with van der Waals surface area (Å²) in [7, 11) is -1.56. The Balaban J connectivity index is 1.75. The van der Waals surface area contributed by atoms with Crippen molar-refractivity contribution in [2.24, 2.45) is 4.99 Å². The number of nitrogens with one attached hydrogen (secondary N) is 2. The van der Waals surface area contributed by atoms with E-state index in [0.29, 0.717) is 30.2 Å². The number of aliphatic imine (C=N–C) groups is 1. The third-order valence-corrected chi connectivity index (χ3v) is 4.97. The molecule has 0 fully saturated rings. The fourth-order valence-corrected chi connectivity index (χ4v) is 3.57. The highest BCUT2D eigenvalue weighted by molar-refractivity contribution is 7.89. The van der Waals surface area contributed by atoms with Crippen LogP contribution in [0.4, 0.5) is 4.39 Å². The molecule has 2 aromatic rings. The summed E-state index contributed by atoms with van der Waals surface area (Å²) in [6.07, 6.45) is 2.95. The van der Waals surface area contributed by atoms with Crippen molar-refractivity contribution in [3.8, 4) is 5.75 Å². The van der Waals surface area contributed by atoms with E-state index in [2.05, 4.69) is 15.6 Å². The second-order valence-corrected chi connectivity index (χ2v) is 8.84. The van der Waals surface area contributed by atoms with Crippen LogP contribution in [0.25, 0.3) is 0 Å². The van der Waals surface area contributed by atoms with E-state index in [0.717, 1.165) is 24.8 Å². The highest BCUT2D eigenvalue weighted by atomic mass is 32.2. The largest absolute Gasteiger partial charge is 0.494 e. The molecular formula is C21H28FN3O3S. The van der Waals surface area contributed by atoms with E-state index in [9.17, 15) is 12.8 Å². The number of nitrogens with zero attached hydrogens (tertiary/aromatic N) is 1. The van der Waals surface area contributed by atoms with Crippen molar-refractivity contribution in [1.29, 1.82) is 0 Å². The third-order valence-electron chi connectivity index (χ3n) is 4.13. The maximum absolute atomic E-state index is 13.6. The Kier molecular flexibility index (Phi) is 8.92. The number of guanidine groups is 1. The minimum absolute atomic E-state index is 0.127. The maximum Gasteiger partial charge on any atom is 0.191 e. The van der Waals surface area contributed by atoms with E-state index in [4.69, 9.17) is 4.74 Å². The van der Waals surface area contributed by atoms with Crippen molar-refractivity contribution in [3.63, 3.8) is 0 Å². The molecule has 2 rings (SSSR count). The molecule has 0 unspecified atom stereocenters. The summed E-state index contributed by atoms with van der Waals surface area (Å²) in [5.41, 5.74) is 1.17. The first-order valence-electron chi connectivity index (χ1n) is 9.45. The minimum Gasteiger partial charge on any atom is -0.494 e. The molecule has 8 heteroatoms. The van der Waals surface area contributed by atoms with Crippen molar-refractivity contribution < 1.29 is 17.5 Å². The second-order valence-electron chi connectivity index (χ2n) is 6.70. The van der Waals surface area contributed by atoms with Gasteiger partial charge in [0.25, 0.3) is 0 Å². The van der Waals surface area contributed by atoms with Crippen molar-refractivity contribution >= 4 is 15.8 Å². The van der Waals surface area contributed by atoms with Gasteiger partial charge in [0.1, 0.15) is 11.6 Å². The van der Waals surface area contributed by atoms with Gasteiger partial charge >= 0.3 is 0 Å². The van der Waals surface area contributed by atoms with Gasteiger partial charge in [0, 0.05) is 26.4 Å². The Hall–Kier alpha value is -2.61. The molecule has 0 atom stereocenters. The van der Waals surface area contributed by atoms with Gasteiger partial charge in [-0.1, -0.05) is 24.3 Å². The average molecular weight is 422 g/mol. The summed E-state index contributed by atoms with van der Waals surface area (Å²) in [5, 5.41) is 6.29. The van der Waals surface area contributed by atoms with Crippen LogP contribution in [-0.2, 0) is 22.1 Å². The van der Waals surface area contributed by atoms with Gasteiger partial charge in [0.15, 0.2) is 15.8 Å². The maximum atomic E-state index is 13.6. The van der Waals surface area contributed by atoms with E-state index >= 15 is 0 Å². The van der Waals surface area contributed by atoms with Crippen molar-refractivity contribution in [2.45, 2.75) is 25.1 Å². The number of sulfone groups is 1. The van der Waals surface area contributed by atoms with Crippen LogP contribution in [0.15, 0.2) is 53.5 Å². The summed E-state index contributed by atoms with van der Waals surface area (Å²) in [4.78, 5) is 4.15. The fourth-order valence-electron chi connectivity index (χ4n) is 2.72. The van der Waals surface area contributed by atoms with Crippen LogP contribution < -0.4 is 15.4 Å². The highest BCUT2D eigenvalue weighted by Gasteiger charge is 2.11. The van der Waals surface area contributed by atoms with Gasteiger partial charge in [-0.15, -0.1) is 0 Å². The first-order chi connectivity index (χ1) is 13.9. The SMILES string of the molecule is CN=C(NCCCCOc1ccccc1)NCc1cc(F)ccc1CS(C)(=O)=O. The van der Waals surface area contributed by atoms with E-state index in [1.54, 1.807) is 7.05 Å². The predicted molar refractivity (Wildman–Crippen MR) is 114 cm³/mol. The Labute approximate surface area is 172 Å². The van der Waals surface area contributed by atoms with Crippen molar-refractivity contribution in [1.82, 2.24) is 10.6 Å². The molecular weight excluding hydrogens is 393 g/mol. The van der Waals surface area contributed by atoms with Crippen LogP contribution in [0.5, 0.6) is 5.75 Å². The minimum atomic E-state index is -3.21. The summed E-state index contributed by atoms with van der Waals surface area (Å²) in [6.45, 7) is 1.62. The summed E-state index contributed by atoms with van der Waals surface area (Å²) in [5.74, 6) is 0.902. The monoisotopic (exact) mass is 421 g/mol. The number of para-hydroxylation sites is 1. The van der Waals surface area contributed by atoms with Crippen LogP contribution in [0, 0.1) is 5.82 Å². The molecule has 6 nitrogen and oxygen atoms in total. The molecule has 29 heavy (non-hydrogen) atoms. The Bertz CT molecular complexity index is 903. The summed E-state index contributed by atoms with van der Waals surface area (Å²) >= 11 is 0. The van der Waals surface area contributed by atoms with Gasteiger partial charge in [-0.05, 0) is 48.2 Å². The zero-order valence-electron chi connectivity index (χ0n) is 16.8. The van der Waals surface area contributed by atoms with Gasteiger partial charge in [0.05, 0.1) is 12.4 Å². The number of benzene rings is 2. The lowest BCUT2D eigenvalue weighted by Crippen LogP contribution is -2.37. The molecule has 0 aliphatic rings. The first-order valence-corrected chi connectivity index (χ1v) is 11.5. The van der Waals surface area contributed by atoms with E-state index in [1.165, 1.54) is 18.2 Å². The van der Waals surface area contributed by atoms with Crippen LogP contribution in [0.2, 0.25) is 0 Å². The normalized spacial score (nSPS) is 11.9. The van der Waals surface area contributed by atoms with Crippen LogP contribution in [0.3, 0.4) is 0 Å².